The first kappa shape index (κ1) is 16.7. The van der Waals surface area contributed by atoms with Gasteiger partial charge in [0.2, 0.25) is 5.88 Å². The van der Waals surface area contributed by atoms with E-state index in [9.17, 15) is 9.90 Å². The summed E-state index contributed by atoms with van der Waals surface area (Å²) < 4.78 is 5.68. The number of pyridine rings is 1. The molecule has 3 unspecified atom stereocenters. The van der Waals surface area contributed by atoms with Crippen LogP contribution in [-0.2, 0) is 0 Å². The second-order valence-corrected chi connectivity index (χ2v) is 6.11. The fourth-order valence-corrected chi connectivity index (χ4v) is 2.67. The first-order valence-corrected chi connectivity index (χ1v) is 8.11. The summed E-state index contributed by atoms with van der Waals surface area (Å²) in [4.78, 5) is 18.6. The third-order valence-corrected chi connectivity index (χ3v) is 4.31. The minimum atomic E-state index is -0.377. The minimum Gasteiger partial charge on any atom is -0.475 e. The molecule has 1 aliphatic rings. The van der Waals surface area contributed by atoms with Gasteiger partial charge in [-0.15, -0.1) is 0 Å². The number of piperidine rings is 1. The van der Waals surface area contributed by atoms with Crippen LogP contribution in [0.2, 0.25) is 0 Å². The fraction of sp³-hybridized carbons (Fsp3) is 0.647. The van der Waals surface area contributed by atoms with Crippen LogP contribution in [0.3, 0.4) is 0 Å². The number of hydrogen-bond acceptors (Lipinski definition) is 4. The Balaban J connectivity index is 2.07. The lowest BCUT2D eigenvalue weighted by Crippen LogP contribution is -2.42. The van der Waals surface area contributed by atoms with Crippen LogP contribution in [-0.4, -0.2) is 46.2 Å². The maximum atomic E-state index is 12.6. The molecule has 1 aliphatic heterocycles. The Hall–Kier alpha value is -1.62. The predicted octanol–water partition coefficient (Wildman–Crippen LogP) is 2.49. The summed E-state index contributed by atoms with van der Waals surface area (Å²) >= 11 is 0. The van der Waals surface area contributed by atoms with Crippen molar-refractivity contribution in [2.24, 2.45) is 5.92 Å². The first-order valence-electron chi connectivity index (χ1n) is 8.11. The average Bonchev–Trinajstić information content (AvgIpc) is 2.54. The lowest BCUT2D eigenvalue weighted by atomic mass is 9.93. The highest BCUT2D eigenvalue weighted by Gasteiger charge is 2.27. The summed E-state index contributed by atoms with van der Waals surface area (Å²) in [5.74, 6) is 0.640. The number of likely N-dealkylation sites (tertiary alicyclic amines) is 1. The molecule has 5 heteroatoms. The average molecular weight is 306 g/mol. The molecule has 3 atom stereocenters. The Kier molecular flexibility index (Phi) is 5.77. The molecule has 1 aromatic rings. The first-order chi connectivity index (χ1) is 10.5. The fourth-order valence-electron chi connectivity index (χ4n) is 2.67. The van der Waals surface area contributed by atoms with Gasteiger partial charge in [-0.1, -0.05) is 6.92 Å². The Labute approximate surface area is 132 Å². The molecule has 22 heavy (non-hydrogen) atoms. The van der Waals surface area contributed by atoms with Crippen molar-refractivity contribution in [3.8, 4) is 5.88 Å². The van der Waals surface area contributed by atoms with Gasteiger partial charge in [-0.05, 0) is 39.2 Å². The normalized spacial score (nSPS) is 21.3. The number of amides is 1. The standard InChI is InChI=1S/C17H26N2O3/c1-4-12(2)22-16-10-14(7-8-18-16)17(21)19-9-5-6-15(11-19)13(3)20/h7-8,10,12-13,15,20H,4-6,9,11H2,1-3H3. The summed E-state index contributed by atoms with van der Waals surface area (Å²) in [6, 6.07) is 3.43. The topological polar surface area (TPSA) is 62.7 Å². The highest BCUT2D eigenvalue weighted by molar-refractivity contribution is 5.94. The van der Waals surface area contributed by atoms with Gasteiger partial charge < -0.3 is 14.7 Å². The molecule has 1 aromatic heterocycles. The number of carbonyl (C=O) groups is 1. The van der Waals surface area contributed by atoms with Gasteiger partial charge in [0.1, 0.15) is 0 Å². The summed E-state index contributed by atoms with van der Waals surface area (Å²) in [5.41, 5.74) is 0.597. The van der Waals surface area contributed by atoms with Crippen LogP contribution in [0.4, 0.5) is 0 Å². The number of ether oxygens (including phenoxy) is 1. The van der Waals surface area contributed by atoms with Crippen LogP contribution in [0.1, 0.15) is 50.4 Å². The Morgan fingerprint density at radius 3 is 3.00 bits per heavy atom. The third kappa shape index (κ3) is 4.19. The van der Waals surface area contributed by atoms with Gasteiger partial charge in [0, 0.05) is 36.8 Å². The monoisotopic (exact) mass is 306 g/mol. The van der Waals surface area contributed by atoms with E-state index in [0.29, 0.717) is 18.0 Å². The lowest BCUT2D eigenvalue weighted by Gasteiger charge is -2.34. The maximum Gasteiger partial charge on any atom is 0.254 e. The second kappa shape index (κ2) is 7.58. The number of aliphatic hydroxyl groups is 1. The van der Waals surface area contributed by atoms with Crippen molar-refractivity contribution >= 4 is 5.91 Å². The van der Waals surface area contributed by atoms with Crippen molar-refractivity contribution in [1.82, 2.24) is 9.88 Å². The van der Waals surface area contributed by atoms with Crippen molar-refractivity contribution in [2.75, 3.05) is 13.1 Å². The SMILES string of the molecule is CCC(C)Oc1cc(C(=O)N2CCCC(C(C)O)C2)ccn1. The number of aliphatic hydroxyl groups excluding tert-OH is 1. The van der Waals surface area contributed by atoms with Gasteiger partial charge in [-0.2, -0.15) is 0 Å². The second-order valence-electron chi connectivity index (χ2n) is 6.11. The van der Waals surface area contributed by atoms with Gasteiger partial charge in [-0.25, -0.2) is 4.98 Å². The number of carbonyl (C=O) groups excluding carboxylic acids is 1. The summed E-state index contributed by atoms with van der Waals surface area (Å²) in [6.07, 6.45) is 4.11. The maximum absolute atomic E-state index is 12.6. The Morgan fingerprint density at radius 2 is 2.32 bits per heavy atom. The third-order valence-electron chi connectivity index (χ3n) is 4.31. The zero-order valence-electron chi connectivity index (χ0n) is 13.7. The highest BCUT2D eigenvalue weighted by atomic mass is 16.5. The molecular formula is C17H26N2O3. The van der Waals surface area contributed by atoms with E-state index in [-0.39, 0.29) is 24.0 Å². The molecule has 2 heterocycles. The highest BCUT2D eigenvalue weighted by Crippen LogP contribution is 2.22. The molecule has 2 rings (SSSR count). The van der Waals surface area contributed by atoms with Gasteiger partial charge in [0.05, 0.1) is 12.2 Å². The molecule has 1 saturated heterocycles. The van der Waals surface area contributed by atoms with Gasteiger partial charge in [0.25, 0.3) is 5.91 Å². The molecule has 0 aromatic carbocycles. The molecular weight excluding hydrogens is 280 g/mol. The zero-order valence-corrected chi connectivity index (χ0v) is 13.7. The predicted molar refractivity (Wildman–Crippen MR) is 84.9 cm³/mol. The van der Waals surface area contributed by atoms with E-state index in [1.165, 1.54) is 0 Å². The number of aromatic nitrogens is 1. The van der Waals surface area contributed by atoms with Crippen LogP contribution >= 0.6 is 0 Å². The zero-order chi connectivity index (χ0) is 16.1. The van der Waals surface area contributed by atoms with E-state index in [4.69, 9.17) is 4.74 Å². The van der Waals surface area contributed by atoms with Crippen LogP contribution in [0.15, 0.2) is 18.3 Å². The quantitative estimate of drug-likeness (QED) is 0.908. The van der Waals surface area contributed by atoms with Gasteiger partial charge in [0.15, 0.2) is 0 Å². The Morgan fingerprint density at radius 1 is 1.55 bits per heavy atom. The van der Waals surface area contributed by atoms with Crippen LogP contribution in [0.25, 0.3) is 0 Å². The molecule has 1 N–H and O–H groups in total. The van der Waals surface area contributed by atoms with Gasteiger partial charge >= 0.3 is 0 Å². The van der Waals surface area contributed by atoms with E-state index in [2.05, 4.69) is 4.98 Å². The van der Waals surface area contributed by atoms with E-state index in [0.717, 1.165) is 25.8 Å². The number of nitrogens with zero attached hydrogens (tertiary/aromatic N) is 2. The van der Waals surface area contributed by atoms with Crippen molar-refractivity contribution in [3.05, 3.63) is 23.9 Å². The van der Waals surface area contributed by atoms with Gasteiger partial charge in [-0.3, -0.25) is 4.79 Å². The summed E-state index contributed by atoms with van der Waals surface area (Å²) in [6.45, 7) is 7.17. The number of rotatable bonds is 5. The van der Waals surface area contributed by atoms with Crippen LogP contribution < -0.4 is 4.74 Å². The number of hydrogen-bond donors (Lipinski definition) is 1. The molecule has 0 saturated carbocycles. The van der Waals surface area contributed by atoms with E-state index >= 15 is 0 Å². The van der Waals surface area contributed by atoms with E-state index in [1.807, 2.05) is 18.7 Å². The Bertz CT molecular complexity index is 504. The molecule has 0 spiro atoms. The molecule has 5 nitrogen and oxygen atoms in total. The summed E-state index contributed by atoms with van der Waals surface area (Å²) in [7, 11) is 0. The van der Waals surface area contributed by atoms with Crippen molar-refractivity contribution < 1.29 is 14.6 Å². The molecule has 0 aliphatic carbocycles. The summed E-state index contributed by atoms with van der Waals surface area (Å²) in [5, 5.41) is 9.75. The lowest BCUT2D eigenvalue weighted by molar-refractivity contribution is 0.0465. The molecule has 122 valence electrons. The van der Waals surface area contributed by atoms with Crippen LogP contribution in [0, 0.1) is 5.92 Å². The molecule has 1 fully saturated rings. The van der Waals surface area contributed by atoms with Crippen molar-refractivity contribution in [3.63, 3.8) is 0 Å². The molecule has 0 radical (unpaired) electrons. The van der Waals surface area contributed by atoms with E-state index < -0.39 is 0 Å². The largest absolute Gasteiger partial charge is 0.475 e. The molecule has 0 bridgehead atoms. The smallest absolute Gasteiger partial charge is 0.254 e. The van der Waals surface area contributed by atoms with Crippen molar-refractivity contribution in [2.45, 2.75) is 52.2 Å². The molecule has 1 amide bonds. The van der Waals surface area contributed by atoms with Crippen LogP contribution in [0.5, 0.6) is 5.88 Å². The van der Waals surface area contributed by atoms with Crippen molar-refractivity contribution in [1.29, 1.82) is 0 Å². The van der Waals surface area contributed by atoms with E-state index in [1.54, 1.807) is 25.3 Å². The minimum absolute atomic E-state index is 0.0123.